The number of fused-ring (bicyclic) bond motifs is 1. The number of benzene rings is 1. The minimum absolute atomic E-state index is 0.102. The largest absolute Gasteiger partial charge is 0.480 e. The quantitative estimate of drug-likeness (QED) is 0.438. The van der Waals surface area contributed by atoms with Crippen molar-refractivity contribution < 1.29 is 18.3 Å². The standard InChI is InChI=1S/C20H19N3O4S3/c1-3-15(19(24)25)23-11-17-18(30(23,26)27)8-16(29-17)13-6-4-12(5-7-13)14-9-21-20(28-2)22-10-14/h4-10,15H,3,11H2,1-2H3,(H,24,25). The van der Waals surface area contributed by atoms with Crippen molar-refractivity contribution in [2.24, 2.45) is 0 Å². The highest BCUT2D eigenvalue weighted by Gasteiger charge is 2.43. The molecule has 4 rings (SSSR count). The van der Waals surface area contributed by atoms with Gasteiger partial charge in [-0.15, -0.1) is 11.3 Å². The normalized spacial score (nSPS) is 16.3. The van der Waals surface area contributed by atoms with Gasteiger partial charge in [0.15, 0.2) is 5.16 Å². The molecule has 0 spiro atoms. The third-order valence-corrected chi connectivity index (χ3v) is 8.78. The highest BCUT2D eigenvalue weighted by atomic mass is 32.2. The molecule has 0 bridgehead atoms. The second-order valence-corrected chi connectivity index (χ2v) is 10.5. The van der Waals surface area contributed by atoms with Crippen LogP contribution in [0, 0.1) is 0 Å². The van der Waals surface area contributed by atoms with Crippen LogP contribution in [0.15, 0.2) is 52.8 Å². The number of thioether (sulfide) groups is 1. The van der Waals surface area contributed by atoms with Gasteiger partial charge < -0.3 is 5.11 Å². The molecule has 0 fully saturated rings. The van der Waals surface area contributed by atoms with E-state index in [9.17, 15) is 18.3 Å². The fourth-order valence-corrected chi connectivity index (χ4v) is 7.13. The summed E-state index contributed by atoms with van der Waals surface area (Å²) >= 11 is 2.87. The van der Waals surface area contributed by atoms with Crippen LogP contribution < -0.4 is 0 Å². The van der Waals surface area contributed by atoms with E-state index in [1.165, 1.54) is 23.1 Å². The van der Waals surface area contributed by atoms with Crippen LogP contribution in [-0.2, 0) is 21.4 Å². The van der Waals surface area contributed by atoms with Crippen LogP contribution in [0.2, 0.25) is 0 Å². The van der Waals surface area contributed by atoms with Crippen LogP contribution in [0.5, 0.6) is 0 Å². The minimum atomic E-state index is -3.80. The molecule has 3 aromatic rings. The van der Waals surface area contributed by atoms with E-state index in [-0.39, 0.29) is 17.9 Å². The molecule has 3 heterocycles. The molecular weight excluding hydrogens is 442 g/mol. The topological polar surface area (TPSA) is 100 Å². The molecule has 10 heteroatoms. The van der Waals surface area contributed by atoms with E-state index in [0.717, 1.165) is 25.9 Å². The van der Waals surface area contributed by atoms with Gasteiger partial charge in [-0.25, -0.2) is 18.4 Å². The number of nitrogens with zero attached hydrogens (tertiary/aromatic N) is 3. The lowest BCUT2D eigenvalue weighted by atomic mass is 10.1. The summed E-state index contributed by atoms with van der Waals surface area (Å²) in [6.45, 7) is 1.78. The van der Waals surface area contributed by atoms with Gasteiger partial charge in [0, 0.05) is 27.7 Å². The van der Waals surface area contributed by atoms with Crippen molar-refractivity contribution in [3.63, 3.8) is 0 Å². The number of hydrogen-bond acceptors (Lipinski definition) is 7. The van der Waals surface area contributed by atoms with Crippen LogP contribution in [0.4, 0.5) is 0 Å². The van der Waals surface area contributed by atoms with E-state index in [1.54, 1.807) is 25.4 Å². The summed E-state index contributed by atoms with van der Waals surface area (Å²) in [5, 5.41) is 10.1. The third-order valence-electron chi connectivity index (χ3n) is 4.99. The Morgan fingerprint density at radius 3 is 2.37 bits per heavy atom. The van der Waals surface area contributed by atoms with Crippen LogP contribution in [0.1, 0.15) is 18.2 Å². The lowest BCUT2D eigenvalue weighted by Crippen LogP contribution is -2.40. The molecule has 156 valence electrons. The Balaban J connectivity index is 1.60. The number of carboxylic acids is 1. The first-order chi connectivity index (χ1) is 14.3. The van der Waals surface area contributed by atoms with Crippen molar-refractivity contribution >= 4 is 39.1 Å². The molecule has 0 amide bonds. The fraction of sp³-hybridized carbons (Fsp3) is 0.250. The summed E-state index contributed by atoms with van der Waals surface area (Å²) in [6, 6.07) is 8.39. The average Bonchev–Trinajstić information content (AvgIpc) is 3.27. The van der Waals surface area contributed by atoms with Crippen molar-refractivity contribution in [1.82, 2.24) is 14.3 Å². The Morgan fingerprint density at radius 2 is 1.83 bits per heavy atom. The number of rotatable bonds is 6. The third kappa shape index (κ3) is 3.64. The smallest absolute Gasteiger partial charge is 0.322 e. The zero-order chi connectivity index (χ0) is 21.5. The molecule has 0 saturated heterocycles. The van der Waals surface area contributed by atoms with E-state index in [2.05, 4.69) is 9.97 Å². The van der Waals surface area contributed by atoms with Crippen LogP contribution in [-0.4, -0.2) is 46.1 Å². The van der Waals surface area contributed by atoms with Gasteiger partial charge in [0.2, 0.25) is 10.0 Å². The number of thiophene rings is 1. The average molecular weight is 462 g/mol. The molecule has 1 aliphatic heterocycles. The number of carbonyl (C=O) groups is 1. The monoisotopic (exact) mass is 461 g/mol. The fourth-order valence-electron chi connectivity index (χ4n) is 3.41. The Kier molecular flexibility index (Phi) is 5.67. The maximum absolute atomic E-state index is 12.9. The number of carboxylic acid groups (broad SMARTS) is 1. The zero-order valence-electron chi connectivity index (χ0n) is 16.3. The van der Waals surface area contributed by atoms with Crippen LogP contribution in [0.3, 0.4) is 0 Å². The Hall–Kier alpha value is -2.27. The first-order valence-electron chi connectivity index (χ1n) is 9.19. The molecule has 7 nitrogen and oxygen atoms in total. The van der Waals surface area contributed by atoms with Crippen molar-refractivity contribution in [3.05, 3.63) is 47.6 Å². The highest BCUT2D eigenvalue weighted by Crippen LogP contribution is 2.42. The Morgan fingerprint density at radius 1 is 1.20 bits per heavy atom. The molecule has 2 aromatic heterocycles. The van der Waals surface area contributed by atoms with E-state index >= 15 is 0 Å². The lowest BCUT2D eigenvalue weighted by Gasteiger charge is -2.21. The second kappa shape index (κ2) is 8.10. The van der Waals surface area contributed by atoms with Gasteiger partial charge in [-0.2, -0.15) is 4.31 Å². The summed E-state index contributed by atoms with van der Waals surface area (Å²) in [5.41, 5.74) is 2.79. The molecule has 1 N–H and O–H groups in total. The van der Waals surface area contributed by atoms with Crippen molar-refractivity contribution in [2.45, 2.75) is 36.0 Å². The minimum Gasteiger partial charge on any atom is -0.480 e. The SMILES string of the molecule is CCC(C(=O)O)N1Cc2sc(-c3ccc(-c4cnc(SC)nc4)cc3)cc2S1(=O)=O. The first-order valence-corrected chi connectivity index (χ1v) is 12.7. The predicted molar refractivity (Wildman–Crippen MR) is 117 cm³/mol. The molecule has 0 aliphatic carbocycles. The van der Waals surface area contributed by atoms with E-state index in [4.69, 9.17) is 0 Å². The molecular formula is C20H19N3O4S3. The maximum Gasteiger partial charge on any atom is 0.322 e. The summed E-state index contributed by atoms with van der Waals surface area (Å²) < 4.78 is 26.8. The predicted octanol–water partition coefficient (Wildman–Crippen LogP) is 3.96. The summed E-state index contributed by atoms with van der Waals surface area (Å²) in [4.78, 5) is 21.7. The highest BCUT2D eigenvalue weighted by molar-refractivity contribution is 7.98. The number of sulfonamides is 1. The van der Waals surface area contributed by atoms with Gasteiger partial charge in [-0.1, -0.05) is 43.0 Å². The number of aliphatic carboxylic acids is 1. The molecule has 1 aromatic carbocycles. The molecule has 1 unspecified atom stereocenters. The summed E-state index contributed by atoms with van der Waals surface area (Å²) in [7, 11) is -3.80. The molecule has 0 radical (unpaired) electrons. The van der Waals surface area contributed by atoms with Crippen molar-refractivity contribution in [3.8, 4) is 21.6 Å². The van der Waals surface area contributed by atoms with Gasteiger partial charge in [-0.3, -0.25) is 4.79 Å². The van der Waals surface area contributed by atoms with Gasteiger partial charge >= 0.3 is 5.97 Å². The Bertz CT molecular complexity index is 1190. The second-order valence-electron chi connectivity index (χ2n) is 6.75. The van der Waals surface area contributed by atoms with Gasteiger partial charge in [-0.05, 0) is 29.9 Å². The van der Waals surface area contributed by atoms with Crippen LogP contribution in [0.25, 0.3) is 21.6 Å². The molecule has 0 saturated carbocycles. The van der Waals surface area contributed by atoms with Gasteiger partial charge in [0.25, 0.3) is 0 Å². The number of aromatic nitrogens is 2. The molecule has 1 atom stereocenters. The van der Waals surface area contributed by atoms with Gasteiger partial charge in [0.05, 0.1) is 11.4 Å². The Labute approximate surface area is 182 Å². The van der Waals surface area contributed by atoms with E-state index < -0.39 is 22.0 Å². The van der Waals surface area contributed by atoms with E-state index in [0.29, 0.717) is 10.0 Å². The first kappa shape index (κ1) is 21.0. The number of hydrogen-bond donors (Lipinski definition) is 1. The van der Waals surface area contributed by atoms with Crippen molar-refractivity contribution in [2.75, 3.05) is 6.26 Å². The lowest BCUT2D eigenvalue weighted by molar-refractivity contribution is -0.141. The van der Waals surface area contributed by atoms with Crippen LogP contribution >= 0.6 is 23.1 Å². The maximum atomic E-state index is 12.9. The summed E-state index contributed by atoms with van der Waals surface area (Å²) in [6.07, 6.45) is 5.70. The summed E-state index contributed by atoms with van der Waals surface area (Å²) in [5.74, 6) is -1.12. The zero-order valence-corrected chi connectivity index (χ0v) is 18.7. The van der Waals surface area contributed by atoms with E-state index in [1.807, 2.05) is 30.5 Å². The molecule has 30 heavy (non-hydrogen) atoms. The van der Waals surface area contributed by atoms with Crippen molar-refractivity contribution in [1.29, 1.82) is 0 Å². The molecule has 1 aliphatic rings. The van der Waals surface area contributed by atoms with Gasteiger partial charge in [0.1, 0.15) is 6.04 Å².